The van der Waals surface area contributed by atoms with Gasteiger partial charge >= 0.3 is 0 Å². The number of hydrogen-bond donors (Lipinski definition) is 2. The first-order valence-corrected chi connectivity index (χ1v) is 7.62. The molecule has 20 heavy (non-hydrogen) atoms. The summed E-state index contributed by atoms with van der Waals surface area (Å²) < 4.78 is 0. The summed E-state index contributed by atoms with van der Waals surface area (Å²) >= 11 is 0. The van der Waals surface area contributed by atoms with E-state index in [0.717, 1.165) is 18.2 Å². The maximum atomic E-state index is 12.2. The highest BCUT2D eigenvalue weighted by molar-refractivity contribution is 5.95. The Balaban J connectivity index is 1.58. The van der Waals surface area contributed by atoms with Gasteiger partial charge in [-0.05, 0) is 43.9 Å². The number of benzene rings is 1. The largest absolute Gasteiger partial charge is 0.397 e. The number of nitrogen functional groups attached to an aromatic ring is 1. The Morgan fingerprint density at radius 3 is 2.90 bits per heavy atom. The van der Waals surface area contributed by atoms with Gasteiger partial charge in [0, 0.05) is 6.04 Å². The highest BCUT2D eigenvalue weighted by atomic mass is 16.2. The van der Waals surface area contributed by atoms with Gasteiger partial charge in [0.05, 0.1) is 17.9 Å². The first-order chi connectivity index (χ1) is 9.74. The van der Waals surface area contributed by atoms with E-state index in [1.165, 1.54) is 32.1 Å². The van der Waals surface area contributed by atoms with Gasteiger partial charge in [-0.25, -0.2) is 0 Å². The summed E-state index contributed by atoms with van der Waals surface area (Å²) in [5.74, 6) is 0.868. The predicted molar refractivity (Wildman–Crippen MR) is 81.4 cm³/mol. The first-order valence-electron chi connectivity index (χ1n) is 7.62. The number of nitrogens with one attached hydrogen (secondary N) is 1. The maximum absolute atomic E-state index is 12.2. The van der Waals surface area contributed by atoms with Gasteiger partial charge in [-0.1, -0.05) is 25.0 Å². The van der Waals surface area contributed by atoms with Crippen LogP contribution in [0.4, 0.5) is 11.4 Å². The Morgan fingerprint density at radius 2 is 2.05 bits per heavy atom. The Kier molecular flexibility index (Phi) is 3.92. The van der Waals surface area contributed by atoms with Gasteiger partial charge < -0.3 is 11.1 Å². The number of nitrogens with zero attached hydrogens (tertiary/aromatic N) is 1. The van der Waals surface area contributed by atoms with Crippen LogP contribution in [-0.4, -0.2) is 29.9 Å². The minimum absolute atomic E-state index is 0.0501. The molecule has 2 atom stereocenters. The van der Waals surface area contributed by atoms with E-state index in [1.54, 1.807) is 0 Å². The summed E-state index contributed by atoms with van der Waals surface area (Å²) in [4.78, 5) is 14.5. The van der Waals surface area contributed by atoms with E-state index in [9.17, 15) is 4.79 Å². The number of amides is 1. The van der Waals surface area contributed by atoms with Gasteiger partial charge in [0.2, 0.25) is 5.91 Å². The summed E-state index contributed by atoms with van der Waals surface area (Å²) in [6.45, 7) is 1.56. The van der Waals surface area contributed by atoms with E-state index in [1.807, 2.05) is 24.3 Å². The third-order valence-corrected chi connectivity index (χ3v) is 4.71. The molecule has 0 spiro atoms. The third kappa shape index (κ3) is 2.80. The summed E-state index contributed by atoms with van der Waals surface area (Å²) in [5.41, 5.74) is 7.20. The lowest BCUT2D eigenvalue weighted by atomic mass is 9.85. The van der Waals surface area contributed by atoms with Crippen molar-refractivity contribution in [2.24, 2.45) is 5.92 Å². The second kappa shape index (κ2) is 5.83. The molecule has 1 aromatic carbocycles. The molecule has 1 saturated heterocycles. The average Bonchev–Trinajstić information content (AvgIpc) is 2.85. The molecule has 0 aromatic heterocycles. The van der Waals surface area contributed by atoms with Crippen LogP contribution >= 0.6 is 0 Å². The van der Waals surface area contributed by atoms with E-state index in [0.29, 0.717) is 18.3 Å². The SMILES string of the molecule is Nc1ccccc1NC(=O)CN1CCC2CCCCC21. The molecule has 3 rings (SSSR count). The van der Waals surface area contributed by atoms with Crippen LogP contribution in [0.15, 0.2) is 24.3 Å². The zero-order valence-electron chi connectivity index (χ0n) is 11.8. The zero-order chi connectivity index (χ0) is 13.9. The van der Waals surface area contributed by atoms with Crippen LogP contribution < -0.4 is 11.1 Å². The lowest BCUT2D eigenvalue weighted by Gasteiger charge is -2.31. The van der Waals surface area contributed by atoms with Crippen LogP contribution in [0.2, 0.25) is 0 Å². The van der Waals surface area contributed by atoms with Gasteiger partial charge in [0.25, 0.3) is 0 Å². The van der Waals surface area contributed by atoms with Crippen LogP contribution in [0.1, 0.15) is 32.1 Å². The number of rotatable bonds is 3. The normalized spacial score (nSPS) is 26.2. The smallest absolute Gasteiger partial charge is 0.238 e. The van der Waals surface area contributed by atoms with E-state index in [-0.39, 0.29) is 5.91 Å². The topological polar surface area (TPSA) is 58.4 Å². The lowest BCUT2D eigenvalue weighted by molar-refractivity contribution is -0.117. The monoisotopic (exact) mass is 273 g/mol. The van der Waals surface area contributed by atoms with E-state index >= 15 is 0 Å². The molecule has 1 aromatic rings. The highest BCUT2D eigenvalue weighted by Crippen LogP contribution is 2.35. The van der Waals surface area contributed by atoms with Crippen molar-refractivity contribution in [2.45, 2.75) is 38.1 Å². The molecule has 108 valence electrons. The predicted octanol–water partition coefficient (Wildman–Crippen LogP) is 2.47. The van der Waals surface area contributed by atoms with Crippen molar-refractivity contribution in [2.75, 3.05) is 24.1 Å². The van der Waals surface area contributed by atoms with Crippen molar-refractivity contribution in [3.63, 3.8) is 0 Å². The molecule has 1 aliphatic heterocycles. The summed E-state index contributed by atoms with van der Waals surface area (Å²) in [6.07, 6.45) is 6.53. The van der Waals surface area contributed by atoms with Crippen LogP contribution in [0.3, 0.4) is 0 Å². The van der Waals surface area contributed by atoms with Crippen molar-refractivity contribution < 1.29 is 4.79 Å². The molecule has 4 heteroatoms. The van der Waals surface area contributed by atoms with Crippen molar-refractivity contribution in [3.8, 4) is 0 Å². The minimum Gasteiger partial charge on any atom is -0.397 e. The van der Waals surface area contributed by atoms with E-state index < -0.39 is 0 Å². The van der Waals surface area contributed by atoms with Crippen molar-refractivity contribution in [1.82, 2.24) is 4.90 Å². The van der Waals surface area contributed by atoms with Gasteiger partial charge in [0.1, 0.15) is 0 Å². The molecule has 1 heterocycles. The van der Waals surface area contributed by atoms with Gasteiger partial charge in [0.15, 0.2) is 0 Å². The van der Waals surface area contributed by atoms with E-state index in [2.05, 4.69) is 10.2 Å². The fourth-order valence-corrected chi connectivity index (χ4v) is 3.68. The van der Waals surface area contributed by atoms with Gasteiger partial charge in [-0.15, -0.1) is 0 Å². The molecule has 1 amide bonds. The molecule has 2 unspecified atom stereocenters. The molecule has 3 N–H and O–H groups in total. The number of anilines is 2. The first kappa shape index (κ1) is 13.4. The van der Waals surface area contributed by atoms with Crippen molar-refractivity contribution in [3.05, 3.63) is 24.3 Å². The zero-order valence-corrected chi connectivity index (χ0v) is 11.8. The number of nitrogens with two attached hydrogens (primary N) is 1. The number of carbonyl (C=O) groups excluding carboxylic acids is 1. The Morgan fingerprint density at radius 1 is 1.25 bits per heavy atom. The van der Waals surface area contributed by atoms with Crippen LogP contribution in [0.25, 0.3) is 0 Å². The van der Waals surface area contributed by atoms with E-state index in [4.69, 9.17) is 5.73 Å². The van der Waals surface area contributed by atoms with Crippen LogP contribution in [0.5, 0.6) is 0 Å². The highest BCUT2D eigenvalue weighted by Gasteiger charge is 2.36. The average molecular weight is 273 g/mol. The molecule has 4 nitrogen and oxygen atoms in total. The Hall–Kier alpha value is -1.55. The minimum atomic E-state index is 0.0501. The molecule has 2 aliphatic rings. The van der Waals surface area contributed by atoms with Crippen molar-refractivity contribution in [1.29, 1.82) is 0 Å². The quantitative estimate of drug-likeness (QED) is 0.832. The summed E-state index contributed by atoms with van der Waals surface area (Å²) in [6, 6.07) is 8.04. The lowest BCUT2D eigenvalue weighted by Crippen LogP contribution is -2.39. The van der Waals surface area contributed by atoms with Crippen molar-refractivity contribution >= 4 is 17.3 Å². The van der Waals surface area contributed by atoms with Crippen LogP contribution in [0, 0.1) is 5.92 Å². The molecule has 1 saturated carbocycles. The molecular weight excluding hydrogens is 250 g/mol. The van der Waals surface area contributed by atoms with Gasteiger partial charge in [-0.2, -0.15) is 0 Å². The standard InChI is InChI=1S/C16H23N3O/c17-13-6-2-3-7-14(13)18-16(20)11-19-10-9-12-5-1-4-8-15(12)19/h2-3,6-7,12,15H,1,4-5,8-11,17H2,(H,18,20). The fourth-order valence-electron chi connectivity index (χ4n) is 3.68. The molecule has 1 aliphatic carbocycles. The second-order valence-electron chi connectivity index (χ2n) is 6.01. The van der Waals surface area contributed by atoms with Crippen LogP contribution in [-0.2, 0) is 4.79 Å². The maximum Gasteiger partial charge on any atom is 0.238 e. The molecule has 0 bridgehead atoms. The third-order valence-electron chi connectivity index (χ3n) is 4.71. The Bertz CT molecular complexity index is 488. The fraction of sp³-hybridized carbons (Fsp3) is 0.562. The number of likely N-dealkylation sites (tertiary alicyclic amines) is 1. The molecular formula is C16H23N3O. The number of hydrogen-bond acceptors (Lipinski definition) is 3. The summed E-state index contributed by atoms with van der Waals surface area (Å²) in [5, 5.41) is 2.93. The molecule has 2 fully saturated rings. The number of fused-ring (bicyclic) bond motifs is 1. The molecule has 0 radical (unpaired) electrons. The Labute approximate surface area is 120 Å². The van der Waals surface area contributed by atoms with Gasteiger partial charge in [-0.3, -0.25) is 9.69 Å². The second-order valence-corrected chi connectivity index (χ2v) is 6.01. The summed E-state index contributed by atoms with van der Waals surface area (Å²) in [7, 11) is 0. The number of carbonyl (C=O) groups is 1. The number of para-hydroxylation sites is 2.